The first kappa shape index (κ1) is 13.4. The predicted octanol–water partition coefficient (Wildman–Crippen LogP) is 2.24. The minimum Gasteiger partial charge on any atom is -0.369 e. The molecule has 0 atom stereocenters. The number of H-pyrrole nitrogens is 1. The molecule has 112 valence electrons. The van der Waals surface area contributed by atoms with Crippen molar-refractivity contribution in [3.63, 3.8) is 0 Å². The molecule has 4 rings (SSSR count). The van der Waals surface area contributed by atoms with Crippen molar-refractivity contribution in [1.82, 2.24) is 20.1 Å². The fourth-order valence-electron chi connectivity index (χ4n) is 3.46. The largest absolute Gasteiger partial charge is 0.369 e. The van der Waals surface area contributed by atoms with Crippen LogP contribution in [0.15, 0.2) is 11.4 Å². The third kappa shape index (κ3) is 2.41. The summed E-state index contributed by atoms with van der Waals surface area (Å²) in [6.07, 6.45) is 3.22. The van der Waals surface area contributed by atoms with Crippen molar-refractivity contribution in [1.29, 1.82) is 0 Å². The molecule has 1 fully saturated rings. The van der Waals surface area contributed by atoms with Crippen molar-refractivity contribution in [2.24, 2.45) is 0 Å². The molecule has 5 nitrogen and oxygen atoms in total. The lowest BCUT2D eigenvalue weighted by Gasteiger charge is -2.43. The highest BCUT2D eigenvalue weighted by molar-refractivity contribution is 7.10. The number of aromatic amines is 1. The van der Waals surface area contributed by atoms with Gasteiger partial charge in [-0.25, -0.2) is 4.98 Å². The number of ether oxygens (including phenoxy) is 1. The molecule has 1 spiro atoms. The number of nitrogens with one attached hydrogen (secondary N) is 1. The van der Waals surface area contributed by atoms with Crippen LogP contribution in [-0.2, 0) is 23.3 Å². The molecule has 2 aromatic rings. The van der Waals surface area contributed by atoms with Gasteiger partial charge in [-0.3, -0.25) is 10.00 Å². The van der Waals surface area contributed by atoms with Gasteiger partial charge in [-0.15, -0.1) is 11.3 Å². The van der Waals surface area contributed by atoms with Crippen molar-refractivity contribution in [2.45, 2.75) is 38.3 Å². The van der Waals surface area contributed by atoms with Gasteiger partial charge in [-0.05, 0) is 43.2 Å². The zero-order chi connectivity index (χ0) is 14.3. The summed E-state index contributed by atoms with van der Waals surface area (Å²) in [5, 5.41) is 9.36. The minimum absolute atomic E-state index is 0.0207. The van der Waals surface area contributed by atoms with E-state index < -0.39 is 0 Å². The van der Waals surface area contributed by atoms with E-state index >= 15 is 0 Å². The summed E-state index contributed by atoms with van der Waals surface area (Å²) in [4.78, 5) is 8.30. The number of hydrogen-bond donors (Lipinski definition) is 1. The van der Waals surface area contributed by atoms with Gasteiger partial charge in [0.25, 0.3) is 0 Å². The second-order valence-electron chi connectivity index (χ2n) is 5.98. The molecule has 6 heteroatoms. The number of rotatable bonds is 2. The molecule has 0 unspecified atom stereocenters. The molecule has 0 aliphatic carbocycles. The summed E-state index contributed by atoms with van der Waals surface area (Å²) in [7, 11) is 0. The zero-order valence-electron chi connectivity index (χ0n) is 12.3. The van der Waals surface area contributed by atoms with Crippen molar-refractivity contribution >= 4 is 11.3 Å². The smallest absolute Gasteiger partial charge is 0.164 e. The first-order chi connectivity index (χ1) is 10.3. The summed E-state index contributed by atoms with van der Waals surface area (Å²) >= 11 is 1.87. The first-order valence-electron chi connectivity index (χ1n) is 7.56. The van der Waals surface area contributed by atoms with Crippen LogP contribution in [-0.4, -0.2) is 39.8 Å². The monoisotopic (exact) mass is 304 g/mol. The molecule has 0 saturated carbocycles. The van der Waals surface area contributed by atoms with Crippen LogP contribution in [0.3, 0.4) is 0 Å². The van der Waals surface area contributed by atoms with Gasteiger partial charge >= 0.3 is 0 Å². The number of hydrogen-bond acceptors (Lipinski definition) is 5. The molecule has 2 aliphatic rings. The van der Waals surface area contributed by atoms with Crippen molar-refractivity contribution in [2.75, 3.05) is 19.7 Å². The van der Waals surface area contributed by atoms with Gasteiger partial charge in [0.2, 0.25) is 0 Å². The van der Waals surface area contributed by atoms with E-state index in [1.54, 1.807) is 0 Å². The number of piperidine rings is 1. The topological polar surface area (TPSA) is 54.0 Å². The van der Waals surface area contributed by atoms with E-state index in [1.165, 1.54) is 10.4 Å². The highest BCUT2D eigenvalue weighted by Crippen LogP contribution is 2.44. The molecule has 0 radical (unpaired) electrons. The molecule has 21 heavy (non-hydrogen) atoms. The maximum atomic E-state index is 6.24. The maximum Gasteiger partial charge on any atom is 0.164 e. The van der Waals surface area contributed by atoms with Crippen LogP contribution in [0.1, 0.15) is 34.9 Å². The van der Waals surface area contributed by atoms with Gasteiger partial charge in [0.15, 0.2) is 5.82 Å². The van der Waals surface area contributed by atoms with E-state index in [-0.39, 0.29) is 5.60 Å². The van der Waals surface area contributed by atoms with Crippen molar-refractivity contribution in [3.8, 4) is 0 Å². The molecule has 4 heterocycles. The van der Waals surface area contributed by atoms with Crippen LogP contribution in [0, 0.1) is 6.92 Å². The molecule has 2 aliphatic heterocycles. The summed E-state index contributed by atoms with van der Waals surface area (Å²) in [5.41, 5.74) is 1.48. The number of likely N-dealkylation sites (tertiary alicyclic amines) is 1. The summed E-state index contributed by atoms with van der Waals surface area (Å²) in [6, 6.07) is 2.27. The molecule has 0 aromatic carbocycles. The lowest BCUT2D eigenvalue weighted by atomic mass is 9.85. The maximum absolute atomic E-state index is 6.24. The molecule has 0 bridgehead atoms. The highest BCUT2D eigenvalue weighted by atomic mass is 32.1. The second-order valence-corrected chi connectivity index (χ2v) is 6.90. The lowest BCUT2D eigenvalue weighted by Crippen LogP contribution is -2.45. The van der Waals surface area contributed by atoms with Gasteiger partial charge in [0.05, 0.1) is 13.2 Å². The number of fused-ring (bicyclic) bond motifs is 2. The Morgan fingerprint density at radius 3 is 3.05 bits per heavy atom. The number of aromatic nitrogens is 3. The fraction of sp³-hybridized carbons (Fsp3) is 0.600. The Bertz CT molecular complexity index is 627. The van der Waals surface area contributed by atoms with E-state index in [4.69, 9.17) is 4.74 Å². The summed E-state index contributed by atoms with van der Waals surface area (Å²) in [6.45, 7) is 5.73. The van der Waals surface area contributed by atoms with Gasteiger partial charge in [0.1, 0.15) is 11.4 Å². The quantitative estimate of drug-likeness (QED) is 0.924. The Hall–Kier alpha value is -1.24. The SMILES string of the molecule is Cc1nc(CN2CCC3(CC2)OCCc2ccsc23)n[nH]1. The highest BCUT2D eigenvalue weighted by Gasteiger charge is 2.41. The van der Waals surface area contributed by atoms with E-state index in [9.17, 15) is 0 Å². The molecule has 1 saturated heterocycles. The first-order valence-corrected chi connectivity index (χ1v) is 8.44. The Morgan fingerprint density at radius 2 is 2.29 bits per heavy atom. The van der Waals surface area contributed by atoms with E-state index in [0.717, 1.165) is 57.2 Å². The van der Waals surface area contributed by atoms with Crippen LogP contribution < -0.4 is 0 Å². The van der Waals surface area contributed by atoms with Gasteiger partial charge < -0.3 is 4.74 Å². The lowest BCUT2D eigenvalue weighted by molar-refractivity contribution is -0.0963. The fourth-order valence-corrected chi connectivity index (χ4v) is 4.63. The minimum atomic E-state index is -0.0207. The molecule has 2 aromatic heterocycles. The predicted molar refractivity (Wildman–Crippen MR) is 81.3 cm³/mol. The van der Waals surface area contributed by atoms with Crippen molar-refractivity contribution in [3.05, 3.63) is 33.5 Å². The number of nitrogens with zero attached hydrogens (tertiary/aromatic N) is 3. The third-order valence-corrected chi connectivity index (χ3v) is 5.72. The molecule has 0 amide bonds. The average Bonchev–Trinajstić information content (AvgIpc) is 3.12. The van der Waals surface area contributed by atoms with Gasteiger partial charge in [0, 0.05) is 18.0 Å². The van der Waals surface area contributed by atoms with Gasteiger partial charge in [-0.2, -0.15) is 5.10 Å². The Morgan fingerprint density at radius 1 is 1.43 bits per heavy atom. The molecule has 1 N–H and O–H groups in total. The average molecular weight is 304 g/mol. The third-order valence-electron chi connectivity index (χ3n) is 4.58. The van der Waals surface area contributed by atoms with E-state index in [0.29, 0.717) is 0 Å². The van der Waals surface area contributed by atoms with Crippen LogP contribution >= 0.6 is 11.3 Å². The number of thiophene rings is 1. The Kier molecular flexibility index (Phi) is 3.32. The van der Waals surface area contributed by atoms with E-state index in [1.807, 2.05) is 18.3 Å². The molecular weight excluding hydrogens is 284 g/mol. The second kappa shape index (κ2) is 5.19. The van der Waals surface area contributed by atoms with Crippen LogP contribution in [0.4, 0.5) is 0 Å². The zero-order valence-corrected chi connectivity index (χ0v) is 13.1. The Labute approximate surface area is 128 Å². The van der Waals surface area contributed by atoms with Crippen molar-refractivity contribution < 1.29 is 4.74 Å². The number of aryl methyl sites for hydroxylation is 1. The summed E-state index contributed by atoms with van der Waals surface area (Å²) in [5.74, 6) is 1.78. The van der Waals surface area contributed by atoms with Crippen LogP contribution in [0.25, 0.3) is 0 Å². The van der Waals surface area contributed by atoms with E-state index in [2.05, 4.69) is 31.5 Å². The molecular formula is C15H20N4OS. The van der Waals surface area contributed by atoms with Crippen LogP contribution in [0.2, 0.25) is 0 Å². The van der Waals surface area contributed by atoms with Crippen LogP contribution in [0.5, 0.6) is 0 Å². The normalized spacial score (nSPS) is 21.6. The standard InChI is InChI=1S/C15H20N4OS/c1-11-16-13(18-17-11)10-19-6-4-15(5-7-19)14-12(2-8-20-15)3-9-21-14/h3,9H,2,4-8,10H2,1H3,(H,16,17,18). The Balaban J connectivity index is 1.45. The summed E-state index contributed by atoms with van der Waals surface area (Å²) < 4.78 is 6.24. The van der Waals surface area contributed by atoms with Gasteiger partial charge in [-0.1, -0.05) is 0 Å².